The van der Waals surface area contributed by atoms with E-state index >= 15 is 0 Å². The van der Waals surface area contributed by atoms with Gasteiger partial charge in [-0.05, 0) is 48.8 Å². The Morgan fingerprint density at radius 1 is 1.04 bits per heavy atom. The van der Waals surface area contributed by atoms with Gasteiger partial charge in [0.1, 0.15) is 0 Å². The zero-order valence-corrected chi connectivity index (χ0v) is 16.3. The smallest absolute Gasteiger partial charge is 0.276 e. The molecule has 3 aromatic rings. The molecule has 28 heavy (non-hydrogen) atoms. The number of aromatic nitrogens is 3. The minimum absolute atomic E-state index is 0.00950. The van der Waals surface area contributed by atoms with Gasteiger partial charge in [0.2, 0.25) is 0 Å². The second-order valence-corrected chi connectivity index (χ2v) is 7.56. The van der Waals surface area contributed by atoms with Crippen molar-refractivity contribution in [1.82, 2.24) is 19.9 Å². The van der Waals surface area contributed by atoms with Crippen LogP contribution in [0.4, 0.5) is 0 Å². The highest BCUT2D eigenvalue weighted by Gasteiger charge is 2.24. The average molecular weight is 374 g/mol. The van der Waals surface area contributed by atoms with E-state index in [9.17, 15) is 4.79 Å². The first-order valence-electron chi connectivity index (χ1n) is 9.99. The molecule has 0 spiro atoms. The van der Waals surface area contributed by atoms with Crippen molar-refractivity contribution in [1.29, 1.82) is 0 Å². The minimum atomic E-state index is -0.00950. The van der Waals surface area contributed by atoms with Crippen molar-refractivity contribution in [2.75, 3.05) is 13.1 Å². The number of likely N-dealkylation sites (tertiary alicyclic amines) is 1. The van der Waals surface area contributed by atoms with Gasteiger partial charge in [0.05, 0.1) is 12.7 Å². The summed E-state index contributed by atoms with van der Waals surface area (Å²) in [5.74, 6) is 0.514. The molecule has 0 unspecified atom stereocenters. The molecule has 2 heterocycles. The largest absolute Gasteiger partial charge is 0.337 e. The topological polar surface area (TPSA) is 51.0 Å². The molecule has 1 aliphatic heterocycles. The van der Waals surface area contributed by atoms with Gasteiger partial charge in [0.15, 0.2) is 5.69 Å². The Hall–Kier alpha value is -2.95. The van der Waals surface area contributed by atoms with Crippen molar-refractivity contribution in [3.8, 4) is 0 Å². The summed E-state index contributed by atoms with van der Waals surface area (Å²) >= 11 is 0. The molecule has 144 valence electrons. The molecule has 0 saturated carbocycles. The fourth-order valence-electron chi connectivity index (χ4n) is 3.96. The molecule has 1 aromatic heterocycles. The Morgan fingerprint density at radius 3 is 2.64 bits per heavy atom. The summed E-state index contributed by atoms with van der Waals surface area (Å²) < 4.78 is 1.75. The van der Waals surface area contributed by atoms with Gasteiger partial charge in [0, 0.05) is 13.1 Å². The molecule has 1 amide bonds. The van der Waals surface area contributed by atoms with Crippen LogP contribution in [0.15, 0.2) is 60.8 Å². The third-order valence-electron chi connectivity index (χ3n) is 5.64. The highest BCUT2D eigenvalue weighted by atomic mass is 16.2. The second kappa shape index (κ2) is 8.38. The maximum absolute atomic E-state index is 12.9. The molecular formula is C23H26N4O. The number of rotatable bonds is 4. The predicted octanol–water partition coefficient (Wildman–Crippen LogP) is 4.04. The standard InChI is InChI=1S/C23H26N4O/c1-18-8-5-6-11-21(18)16-27-17-22(24-25-27)23(28)26-14-7-12-20(13-15-26)19-9-3-2-4-10-19/h2-6,8-11,17,20H,7,12-16H2,1H3/t20-/m1/s1. The SMILES string of the molecule is Cc1ccccc1Cn1cc(C(=O)N2CCC[C@@H](c3ccccc3)CC2)nn1. The van der Waals surface area contributed by atoms with Crippen LogP contribution in [0.25, 0.3) is 0 Å². The average Bonchev–Trinajstić information content (AvgIpc) is 3.05. The molecule has 1 aliphatic rings. The van der Waals surface area contributed by atoms with Crippen LogP contribution in [0, 0.1) is 6.92 Å². The van der Waals surface area contributed by atoms with Crippen LogP contribution in [-0.4, -0.2) is 38.9 Å². The van der Waals surface area contributed by atoms with Crippen molar-refractivity contribution < 1.29 is 4.79 Å². The molecule has 2 aromatic carbocycles. The second-order valence-electron chi connectivity index (χ2n) is 7.56. The van der Waals surface area contributed by atoms with Gasteiger partial charge in [-0.25, -0.2) is 4.68 Å². The number of nitrogens with zero attached hydrogens (tertiary/aromatic N) is 4. The Balaban J connectivity index is 1.41. The predicted molar refractivity (Wildman–Crippen MR) is 109 cm³/mol. The summed E-state index contributed by atoms with van der Waals surface area (Å²) in [6, 6.07) is 18.8. The van der Waals surface area contributed by atoms with E-state index in [1.165, 1.54) is 16.7 Å². The van der Waals surface area contributed by atoms with Gasteiger partial charge >= 0.3 is 0 Å². The third-order valence-corrected chi connectivity index (χ3v) is 5.64. The van der Waals surface area contributed by atoms with Gasteiger partial charge in [0.25, 0.3) is 5.91 Å². The Labute approximate surface area is 166 Å². The van der Waals surface area contributed by atoms with E-state index in [-0.39, 0.29) is 5.91 Å². The van der Waals surface area contributed by atoms with Crippen LogP contribution in [0.1, 0.15) is 52.4 Å². The van der Waals surface area contributed by atoms with Crippen molar-refractivity contribution in [3.63, 3.8) is 0 Å². The lowest BCUT2D eigenvalue weighted by molar-refractivity contribution is 0.0755. The summed E-state index contributed by atoms with van der Waals surface area (Å²) in [5, 5.41) is 8.32. The van der Waals surface area contributed by atoms with E-state index in [1.54, 1.807) is 10.9 Å². The fraction of sp³-hybridized carbons (Fsp3) is 0.348. The molecule has 1 saturated heterocycles. The number of amides is 1. The first-order chi connectivity index (χ1) is 13.7. The van der Waals surface area contributed by atoms with Gasteiger partial charge < -0.3 is 4.90 Å². The van der Waals surface area contributed by atoms with Crippen LogP contribution in [0.2, 0.25) is 0 Å². The Bertz CT molecular complexity index is 935. The van der Waals surface area contributed by atoms with E-state index in [0.717, 1.165) is 32.4 Å². The van der Waals surface area contributed by atoms with Crippen LogP contribution in [-0.2, 0) is 6.54 Å². The lowest BCUT2D eigenvalue weighted by atomic mass is 9.92. The monoisotopic (exact) mass is 374 g/mol. The summed E-state index contributed by atoms with van der Waals surface area (Å²) in [4.78, 5) is 14.9. The molecule has 1 fully saturated rings. The molecule has 4 rings (SSSR count). The van der Waals surface area contributed by atoms with Crippen LogP contribution < -0.4 is 0 Å². The van der Waals surface area contributed by atoms with E-state index in [4.69, 9.17) is 0 Å². The maximum Gasteiger partial charge on any atom is 0.276 e. The molecular weight excluding hydrogens is 348 g/mol. The molecule has 5 nitrogen and oxygen atoms in total. The fourth-order valence-corrected chi connectivity index (χ4v) is 3.96. The number of benzene rings is 2. The highest BCUT2D eigenvalue weighted by molar-refractivity contribution is 5.91. The highest BCUT2D eigenvalue weighted by Crippen LogP contribution is 2.28. The van der Waals surface area contributed by atoms with Crippen molar-refractivity contribution >= 4 is 5.91 Å². The minimum Gasteiger partial charge on any atom is -0.337 e. The first kappa shape index (κ1) is 18.4. The molecule has 5 heteroatoms. The normalized spacial score (nSPS) is 17.3. The van der Waals surface area contributed by atoms with Crippen LogP contribution in [0.3, 0.4) is 0 Å². The van der Waals surface area contributed by atoms with Crippen molar-refractivity contribution in [2.45, 2.75) is 38.6 Å². The number of carbonyl (C=O) groups excluding carboxylic acids is 1. The lowest BCUT2D eigenvalue weighted by Gasteiger charge is -2.19. The third kappa shape index (κ3) is 4.14. The van der Waals surface area contributed by atoms with Crippen LogP contribution in [0.5, 0.6) is 0 Å². The number of hydrogen-bond donors (Lipinski definition) is 0. The number of hydrogen-bond acceptors (Lipinski definition) is 3. The Kier molecular flexibility index (Phi) is 5.51. The van der Waals surface area contributed by atoms with Gasteiger partial charge in [-0.1, -0.05) is 59.8 Å². The summed E-state index contributed by atoms with van der Waals surface area (Å²) in [7, 11) is 0. The summed E-state index contributed by atoms with van der Waals surface area (Å²) in [6.07, 6.45) is 4.90. The van der Waals surface area contributed by atoms with Gasteiger partial charge in [-0.15, -0.1) is 5.10 Å². The number of aryl methyl sites for hydroxylation is 1. The first-order valence-corrected chi connectivity index (χ1v) is 9.99. The van der Waals surface area contributed by atoms with Crippen molar-refractivity contribution in [3.05, 3.63) is 83.2 Å². The molecule has 1 atom stereocenters. The zero-order chi connectivity index (χ0) is 19.3. The summed E-state index contributed by atoms with van der Waals surface area (Å²) in [6.45, 7) is 4.26. The number of carbonyl (C=O) groups is 1. The molecule has 0 aliphatic carbocycles. The van der Waals surface area contributed by atoms with E-state index < -0.39 is 0 Å². The van der Waals surface area contributed by atoms with Gasteiger partial charge in [-0.2, -0.15) is 0 Å². The lowest BCUT2D eigenvalue weighted by Crippen LogP contribution is -2.32. The van der Waals surface area contributed by atoms with E-state index in [2.05, 4.69) is 59.7 Å². The van der Waals surface area contributed by atoms with Gasteiger partial charge in [-0.3, -0.25) is 4.79 Å². The van der Waals surface area contributed by atoms with E-state index in [0.29, 0.717) is 18.2 Å². The maximum atomic E-state index is 12.9. The molecule has 0 N–H and O–H groups in total. The molecule has 0 bridgehead atoms. The van der Waals surface area contributed by atoms with Crippen LogP contribution >= 0.6 is 0 Å². The Morgan fingerprint density at radius 2 is 1.82 bits per heavy atom. The quantitative estimate of drug-likeness (QED) is 0.692. The van der Waals surface area contributed by atoms with E-state index in [1.807, 2.05) is 17.0 Å². The van der Waals surface area contributed by atoms with Crippen molar-refractivity contribution in [2.24, 2.45) is 0 Å². The zero-order valence-electron chi connectivity index (χ0n) is 16.3. The summed E-state index contributed by atoms with van der Waals surface area (Å²) in [5.41, 5.74) is 4.21. The molecule has 0 radical (unpaired) electrons.